The van der Waals surface area contributed by atoms with Crippen molar-refractivity contribution in [3.8, 4) is 0 Å². The maximum absolute atomic E-state index is 13.1. The Balaban J connectivity index is 5.25. The van der Waals surface area contributed by atoms with Crippen LogP contribution in [0.15, 0.2) is 0 Å². The number of esters is 4. The number of aliphatic hydroxyl groups is 1. The first-order valence-corrected chi connectivity index (χ1v) is 43.6. The van der Waals surface area contributed by atoms with Gasteiger partial charge in [-0.05, 0) is 31.6 Å². The maximum atomic E-state index is 13.1. The van der Waals surface area contributed by atoms with E-state index >= 15 is 0 Å². The molecule has 97 heavy (non-hydrogen) atoms. The Morgan fingerprint density at radius 3 is 0.701 bits per heavy atom. The number of aliphatic hydroxyl groups excluding tert-OH is 1. The average Bonchev–Trinajstić information content (AvgIpc) is 1.19. The van der Waals surface area contributed by atoms with Crippen LogP contribution in [0.2, 0.25) is 0 Å². The van der Waals surface area contributed by atoms with E-state index in [1.54, 1.807) is 0 Å². The Bertz CT molecular complexity index is 1860. The predicted molar refractivity (Wildman–Crippen MR) is 395 cm³/mol. The Labute approximate surface area is 594 Å². The predicted octanol–water partition coefficient (Wildman–Crippen LogP) is 23.3. The molecule has 0 aromatic heterocycles. The molecule has 0 aliphatic carbocycles. The smallest absolute Gasteiger partial charge is 0.462 e. The first-order chi connectivity index (χ1) is 47.0. The van der Waals surface area contributed by atoms with Gasteiger partial charge in [0.2, 0.25) is 0 Å². The Morgan fingerprint density at radius 2 is 0.474 bits per heavy atom. The number of phosphoric acid groups is 2. The first kappa shape index (κ1) is 95.1. The molecule has 0 aromatic rings. The highest BCUT2D eigenvalue weighted by atomic mass is 31.2. The van der Waals surface area contributed by atoms with Crippen molar-refractivity contribution in [2.75, 3.05) is 39.6 Å². The van der Waals surface area contributed by atoms with Crippen molar-refractivity contribution in [3.63, 3.8) is 0 Å². The van der Waals surface area contributed by atoms with E-state index in [0.717, 1.165) is 95.8 Å². The molecule has 2 unspecified atom stereocenters. The number of phosphoric ester groups is 2. The number of hydrogen-bond acceptors (Lipinski definition) is 15. The second-order valence-corrected chi connectivity index (χ2v) is 31.5. The quantitative estimate of drug-likeness (QED) is 0.0222. The van der Waals surface area contributed by atoms with Gasteiger partial charge in [0.05, 0.1) is 26.4 Å². The molecule has 0 rings (SSSR count). The van der Waals surface area contributed by atoms with E-state index in [0.29, 0.717) is 25.7 Å². The summed E-state index contributed by atoms with van der Waals surface area (Å²) in [7, 11) is -9.91. The van der Waals surface area contributed by atoms with Crippen LogP contribution < -0.4 is 0 Å². The molecule has 0 aromatic carbocycles. The third-order valence-corrected chi connectivity index (χ3v) is 20.2. The molecule has 5 atom stereocenters. The van der Waals surface area contributed by atoms with E-state index < -0.39 is 97.5 Å². The molecule has 576 valence electrons. The van der Waals surface area contributed by atoms with Crippen LogP contribution in [0.4, 0.5) is 0 Å². The molecule has 19 heteroatoms. The monoisotopic (exact) mass is 1420 g/mol. The van der Waals surface area contributed by atoms with E-state index in [-0.39, 0.29) is 25.7 Å². The molecular formula is C78H152O17P2. The molecule has 0 aliphatic rings. The van der Waals surface area contributed by atoms with E-state index in [1.165, 1.54) is 238 Å². The maximum Gasteiger partial charge on any atom is 0.472 e. The van der Waals surface area contributed by atoms with Crippen molar-refractivity contribution in [3.05, 3.63) is 0 Å². The molecule has 17 nitrogen and oxygen atoms in total. The molecular weight excluding hydrogens is 1270 g/mol. The zero-order valence-corrected chi connectivity index (χ0v) is 65.0. The fourth-order valence-electron chi connectivity index (χ4n) is 12.1. The second kappa shape index (κ2) is 71.1. The van der Waals surface area contributed by atoms with Gasteiger partial charge < -0.3 is 33.8 Å². The van der Waals surface area contributed by atoms with E-state index in [9.17, 15) is 43.2 Å². The molecule has 0 saturated carbocycles. The highest BCUT2D eigenvalue weighted by Crippen LogP contribution is 2.45. The third kappa shape index (κ3) is 72.2. The van der Waals surface area contributed by atoms with Gasteiger partial charge in [0, 0.05) is 25.7 Å². The van der Waals surface area contributed by atoms with Gasteiger partial charge in [-0.15, -0.1) is 0 Å². The Kier molecular flexibility index (Phi) is 69.6. The Hall–Kier alpha value is -1.94. The summed E-state index contributed by atoms with van der Waals surface area (Å²) in [5.41, 5.74) is 0. The zero-order valence-electron chi connectivity index (χ0n) is 63.2. The highest BCUT2D eigenvalue weighted by molar-refractivity contribution is 7.47. The van der Waals surface area contributed by atoms with Gasteiger partial charge in [-0.3, -0.25) is 37.3 Å². The lowest BCUT2D eigenvalue weighted by Gasteiger charge is -2.21. The molecule has 0 aliphatic heterocycles. The lowest BCUT2D eigenvalue weighted by Crippen LogP contribution is -2.30. The average molecular weight is 1420 g/mol. The third-order valence-electron chi connectivity index (χ3n) is 18.3. The summed E-state index contributed by atoms with van der Waals surface area (Å²) >= 11 is 0. The van der Waals surface area contributed by atoms with Crippen molar-refractivity contribution >= 4 is 39.5 Å². The molecule has 0 spiro atoms. The second-order valence-electron chi connectivity index (χ2n) is 28.6. The lowest BCUT2D eigenvalue weighted by molar-refractivity contribution is -0.161. The molecule has 3 N–H and O–H groups in total. The van der Waals surface area contributed by atoms with Gasteiger partial charge in [-0.1, -0.05) is 362 Å². The summed E-state index contributed by atoms with van der Waals surface area (Å²) in [5.74, 6) is -1.36. The van der Waals surface area contributed by atoms with Crippen LogP contribution in [0, 0.1) is 5.92 Å². The normalized spacial score (nSPS) is 13.9. The van der Waals surface area contributed by atoms with Crippen molar-refractivity contribution in [2.45, 2.75) is 432 Å². The van der Waals surface area contributed by atoms with Crippen LogP contribution in [-0.4, -0.2) is 96.7 Å². The van der Waals surface area contributed by atoms with Crippen LogP contribution in [0.5, 0.6) is 0 Å². The minimum absolute atomic E-state index is 0.107. The SMILES string of the molecule is CCCCCCCCCCCCCCCCCCCCC(=O)O[C@H](COC(=O)CCCCCCCCCCCCCCCC)COP(=O)(O)OC[C@@H](O)COP(=O)(O)OC[C@@H](COC(=O)CCCCCCCCCCCCCC)OC(=O)CCCCCCCCCCCCC(C)C. The van der Waals surface area contributed by atoms with Gasteiger partial charge in [0.25, 0.3) is 0 Å². The van der Waals surface area contributed by atoms with E-state index in [4.69, 9.17) is 37.0 Å². The van der Waals surface area contributed by atoms with Gasteiger partial charge in [0.15, 0.2) is 12.2 Å². The number of hydrogen-bond donors (Lipinski definition) is 3. The summed E-state index contributed by atoms with van der Waals surface area (Å²) in [5, 5.41) is 10.6. The standard InChI is InChI=1S/C78H152O17P2/c1-6-9-12-15-18-21-24-27-29-30-31-32-34-37-43-48-53-58-63-77(82)94-73(67-89-76(81)62-57-52-47-42-36-33-28-25-22-19-16-13-10-7-2)69-92-96(84,85)90-65-72(79)66-91-97(86,87)93-70-74(68-88-75(80)61-56-51-46-41-35-26-23-20-17-14-11-8-3)95-78(83)64-59-54-49-44-39-38-40-45-50-55-60-71(4)5/h71-74,79H,6-70H2,1-5H3,(H,84,85)(H,86,87)/t72-,73-,74-/m1/s1. The van der Waals surface area contributed by atoms with Crippen molar-refractivity contribution in [1.29, 1.82) is 0 Å². The summed E-state index contributed by atoms with van der Waals surface area (Å²) < 4.78 is 68.6. The molecule has 0 fully saturated rings. The van der Waals surface area contributed by atoms with Gasteiger partial charge >= 0.3 is 39.5 Å². The number of ether oxygens (including phenoxy) is 4. The number of carbonyl (C=O) groups excluding carboxylic acids is 4. The highest BCUT2D eigenvalue weighted by Gasteiger charge is 2.30. The van der Waals surface area contributed by atoms with Crippen LogP contribution in [0.3, 0.4) is 0 Å². The fourth-order valence-corrected chi connectivity index (χ4v) is 13.6. The molecule has 0 radical (unpaired) electrons. The molecule has 0 bridgehead atoms. The van der Waals surface area contributed by atoms with Crippen LogP contribution >= 0.6 is 15.6 Å². The van der Waals surface area contributed by atoms with Crippen LogP contribution in [-0.2, 0) is 65.4 Å². The minimum Gasteiger partial charge on any atom is -0.462 e. The first-order valence-electron chi connectivity index (χ1n) is 40.6. The molecule has 0 saturated heterocycles. The number of carbonyl (C=O) groups is 4. The Morgan fingerprint density at radius 1 is 0.278 bits per heavy atom. The van der Waals surface area contributed by atoms with Crippen LogP contribution in [0.1, 0.15) is 413 Å². The summed E-state index contributed by atoms with van der Waals surface area (Å²) in [6.07, 6.45) is 60.9. The van der Waals surface area contributed by atoms with Crippen LogP contribution in [0.25, 0.3) is 0 Å². The molecule has 0 amide bonds. The topological polar surface area (TPSA) is 237 Å². The lowest BCUT2D eigenvalue weighted by atomic mass is 10.0. The fraction of sp³-hybridized carbons (Fsp3) is 0.949. The van der Waals surface area contributed by atoms with Crippen molar-refractivity contribution < 1.29 is 80.2 Å². The van der Waals surface area contributed by atoms with E-state index in [1.807, 2.05) is 0 Å². The van der Waals surface area contributed by atoms with Crippen molar-refractivity contribution in [2.24, 2.45) is 5.92 Å². The summed E-state index contributed by atoms with van der Waals surface area (Å²) in [6.45, 7) is 7.31. The molecule has 0 heterocycles. The van der Waals surface area contributed by atoms with Crippen molar-refractivity contribution in [1.82, 2.24) is 0 Å². The van der Waals surface area contributed by atoms with Gasteiger partial charge in [0.1, 0.15) is 19.3 Å². The van der Waals surface area contributed by atoms with E-state index in [2.05, 4.69) is 34.6 Å². The number of rotatable bonds is 78. The minimum atomic E-state index is -4.96. The van der Waals surface area contributed by atoms with Gasteiger partial charge in [-0.25, -0.2) is 9.13 Å². The number of unbranched alkanes of at least 4 members (excludes halogenated alkanes) is 50. The zero-order chi connectivity index (χ0) is 71.2. The largest absolute Gasteiger partial charge is 0.472 e. The van der Waals surface area contributed by atoms with Gasteiger partial charge in [-0.2, -0.15) is 0 Å². The summed E-state index contributed by atoms with van der Waals surface area (Å²) in [4.78, 5) is 72.9. The summed E-state index contributed by atoms with van der Waals surface area (Å²) in [6, 6.07) is 0.